The zero-order chi connectivity index (χ0) is 12.8. The van der Waals surface area contributed by atoms with E-state index in [9.17, 15) is 14.5 Å². The van der Waals surface area contributed by atoms with Gasteiger partial charge in [0.15, 0.2) is 0 Å². The van der Waals surface area contributed by atoms with Gasteiger partial charge in [-0.1, -0.05) is 6.92 Å². The van der Waals surface area contributed by atoms with Gasteiger partial charge in [-0.3, -0.25) is 10.1 Å². The molecule has 0 aliphatic rings. The maximum Gasteiger partial charge on any atom is 0.274 e. The van der Waals surface area contributed by atoms with Crippen molar-refractivity contribution in [3.8, 4) is 0 Å². The van der Waals surface area contributed by atoms with E-state index in [2.05, 4.69) is 10.2 Å². The second-order valence-corrected chi connectivity index (χ2v) is 3.78. The molecule has 0 aliphatic heterocycles. The third-order valence-corrected chi connectivity index (χ3v) is 2.46. The van der Waals surface area contributed by atoms with Crippen LogP contribution in [0.5, 0.6) is 0 Å². The number of hydrogen-bond donors (Lipinski definition) is 1. The summed E-state index contributed by atoms with van der Waals surface area (Å²) in [5.74, 6) is -0.606. The van der Waals surface area contributed by atoms with Crippen LogP contribution in [-0.4, -0.2) is 36.5 Å². The van der Waals surface area contributed by atoms with Crippen molar-refractivity contribution in [1.29, 1.82) is 0 Å². The van der Waals surface area contributed by atoms with Gasteiger partial charge in [-0.2, -0.15) is 0 Å². The van der Waals surface area contributed by atoms with Crippen LogP contribution in [0, 0.1) is 15.9 Å². The van der Waals surface area contributed by atoms with Crippen molar-refractivity contribution in [3.05, 3.63) is 34.1 Å². The average Bonchev–Trinajstić information content (AvgIpc) is 2.28. The molecule has 0 spiro atoms. The number of hydrogen-bond acceptors (Lipinski definition) is 4. The summed E-state index contributed by atoms with van der Waals surface area (Å²) in [6.07, 6.45) is 0. The van der Waals surface area contributed by atoms with Gasteiger partial charge in [0.2, 0.25) is 0 Å². The van der Waals surface area contributed by atoms with E-state index in [0.717, 1.165) is 19.2 Å². The second kappa shape index (κ2) is 6.15. The van der Waals surface area contributed by atoms with Crippen LogP contribution in [0.3, 0.4) is 0 Å². The van der Waals surface area contributed by atoms with E-state index in [0.29, 0.717) is 12.2 Å². The third kappa shape index (κ3) is 4.36. The summed E-state index contributed by atoms with van der Waals surface area (Å²) in [6, 6.07) is 3.48. The first-order valence-electron chi connectivity index (χ1n) is 5.40. The topological polar surface area (TPSA) is 58.4 Å². The standard InChI is InChI=1S/C11H16FN3O2/c1-3-14(2)5-4-13-10-6-9(12)7-11(8-10)15(16)17/h6-8,13H,3-5H2,1-2H3. The highest BCUT2D eigenvalue weighted by atomic mass is 19.1. The number of rotatable bonds is 6. The largest absolute Gasteiger partial charge is 0.383 e. The lowest BCUT2D eigenvalue weighted by atomic mass is 10.2. The van der Waals surface area contributed by atoms with Gasteiger partial charge < -0.3 is 10.2 Å². The quantitative estimate of drug-likeness (QED) is 0.612. The fourth-order valence-electron chi connectivity index (χ4n) is 1.33. The van der Waals surface area contributed by atoms with Crippen molar-refractivity contribution in [2.45, 2.75) is 6.92 Å². The highest BCUT2D eigenvalue weighted by Crippen LogP contribution is 2.19. The number of anilines is 1. The molecule has 17 heavy (non-hydrogen) atoms. The Labute approximate surface area is 99.4 Å². The molecule has 0 atom stereocenters. The predicted molar refractivity (Wildman–Crippen MR) is 64.7 cm³/mol. The molecule has 0 bridgehead atoms. The lowest BCUT2D eigenvalue weighted by Gasteiger charge is -2.14. The van der Waals surface area contributed by atoms with Gasteiger partial charge in [-0.05, 0) is 19.7 Å². The van der Waals surface area contributed by atoms with Gasteiger partial charge in [0.1, 0.15) is 5.82 Å². The number of nitro benzene ring substituents is 1. The lowest BCUT2D eigenvalue weighted by Crippen LogP contribution is -2.24. The zero-order valence-corrected chi connectivity index (χ0v) is 9.94. The Morgan fingerprint density at radius 1 is 1.47 bits per heavy atom. The van der Waals surface area contributed by atoms with Crippen LogP contribution in [0.25, 0.3) is 0 Å². The molecule has 1 rings (SSSR count). The first-order valence-corrected chi connectivity index (χ1v) is 5.40. The van der Waals surface area contributed by atoms with E-state index in [-0.39, 0.29) is 5.69 Å². The fraction of sp³-hybridized carbons (Fsp3) is 0.455. The molecule has 5 nitrogen and oxygen atoms in total. The van der Waals surface area contributed by atoms with Crippen molar-refractivity contribution in [2.24, 2.45) is 0 Å². The van der Waals surface area contributed by atoms with Gasteiger partial charge >= 0.3 is 0 Å². The first kappa shape index (κ1) is 13.4. The smallest absolute Gasteiger partial charge is 0.274 e. The van der Waals surface area contributed by atoms with E-state index < -0.39 is 10.7 Å². The summed E-state index contributed by atoms with van der Waals surface area (Å²) in [6.45, 7) is 4.36. The van der Waals surface area contributed by atoms with E-state index in [4.69, 9.17) is 0 Å². The third-order valence-electron chi connectivity index (χ3n) is 2.46. The molecular weight excluding hydrogens is 225 g/mol. The highest BCUT2D eigenvalue weighted by molar-refractivity contribution is 5.51. The molecule has 0 amide bonds. The summed E-state index contributed by atoms with van der Waals surface area (Å²) >= 11 is 0. The molecule has 0 heterocycles. The molecule has 0 aliphatic carbocycles. The highest BCUT2D eigenvalue weighted by Gasteiger charge is 2.09. The number of halogens is 1. The summed E-state index contributed by atoms with van der Waals surface area (Å²) in [5.41, 5.74) is 0.192. The van der Waals surface area contributed by atoms with E-state index >= 15 is 0 Å². The Kier molecular flexibility index (Phi) is 4.84. The van der Waals surface area contributed by atoms with Crippen molar-refractivity contribution in [3.63, 3.8) is 0 Å². The van der Waals surface area contributed by atoms with Gasteiger partial charge in [-0.25, -0.2) is 4.39 Å². The van der Waals surface area contributed by atoms with Gasteiger partial charge in [0.25, 0.3) is 5.69 Å². The van der Waals surface area contributed by atoms with Crippen LogP contribution < -0.4 is 5.32 Å². The van der Waals surface area contributed by atoms with Crippen LogP contribution >= 0.6 is 0 Å². The number of nitrogens with one attached hydrogen (secondary N) is 1. The van der Waals surface area contributed by atoms with Crippen LogP contribution in [0.1, 0.15) is 6.92 Å². The predicted octanol–water partition coefficient (Wildman–Crippen LogP) is 2.10. The Balaban J connectivity index is 2.62. The van der Waals surface area contributed by atoms with Crippen molar-refractivity contribution < 1.29 is 9.31 Å². The van der Waals surface area contributed by atoms with E-state index in [1.54, 1.807) is 0 Å². The fourth-order valence-corrected chi connectivity index (χ4v) is 1.33. The maximum atomic E-state index is 13.1. The number of nitrogens with zero attached hydrogens (tertiary/aromatic N) is 2. The number of nitro groups is 1. The molecule has 0 saturated heterocycles. The van der Waals surface area contributed by atoms with Crippen molar-refractivity contribution in [2.75, 3.05) is 32.0 Å². The molecule has 0 saturated carbocycles. The van der Waals surface area contributed by atoms with Gasteiger partial charge in [0, 0.05) is 24.8 Å². The molecular formula is C11H16FN3O2. The minimum atomic E-state index is -0.606. The summed E-state index contributed by atoms with van der Waals surface area (Å²) in [4.78, 5) is 12.0. The van der Waals surface area contributed by atoms with Gasteiger partial charge in [-0.15, -0.1) is 0 Å². The Hall–Kier alpha value is -1.69. The lowest BCUT2D eigenvalue weighted by molar-refractivity contribution is -0.385. The molecule has 6 heteroatoms. The summed E-state index contributed by atoms with van der Waals surface area (Å²) in [5, 5.41) is 13.5. The van der Waals surface area contributed by atoms with E-state index in [1.807, 2.05) is 14.0 Å². The monoisotopic (exact) mass is 241 g/mol. The minimum absolute atomic E-state index is 0.239. The Morgan fingerprint density at radius 3 is 2.76 bits per heavy atom. The molecule has 1 aromatic carbocycles. The molecule has 0 fully saturated rings. The van der Waals surface area contributed by atoms with Crippen LogP contribution in [0.4, 0.5) is 15.8 Å². The van der Waals surface area contributed by atoms with Crippen LogP contribution in [0.2, 0.25) is 0 Å². The molecule has 1 N–H and O–H groups in total. The maximum absolute atomic E-state index is 13.1. The SMILES string of the molecule is CCN(C)CCNc1cc(F)cc([N+](=O)[O-])c1. The number of likely N-dealkylation sites (N-methyl/N-ethyl adjacent to an activating group) is 1. The average molecular weight is 241 g/mol. The normalized spacial score (nSPS) is 10.6. The zero-order valence-electron chi connectivity index (χ0n) is 9.94. The van der Waals surface area contributed by atoms with Crippen LogP contribution in [-0.2, 0) is 0 Å². The molecule has 0 unspecified atom stereocenters. The molecule has 0 radical (unpaired) electrons. The molecule has 94 valence electrons. The van der Waals surface area contributed by atoms with Crippen molar-refractivity contribution >= 4 is 11.4 Å². The summed E-state index contributed by atoms with van der Waals surface area (Å²) in [7, 11) is 1.97. The first-order chi connectivity index (χ1) is 8.02. The number of non-ortho nitro benzene ring substituents is 1. The Morgan fingerprint density at radius 2 is 2.18 bits per heavy atom. The molecule has 0 aromatic heterocycles. The Bertz CT molecular complexity index is 398. The second-order valence-electron chi connectivity index (χ2n) is 3.78. The summed E-state index contributed by atoms with van der Waals surface area (Å²) < 4.78 is 13.1. The van der Waals surface area contributed by atoms with E-state index in [1.165, 1.54) is 12.1 Å². The van der Waals surface area contributed by atoms with Gasteiger partial charge in [0.05, 0.1) is 11.0 Å². The number of benzene rings is 1. The minimum Gasteiger partial charge on any atom is -0.383 e. The molecule has 1 aromatic rings. The van der Waals surface area contributed by atoms with Crippen molar-refractivity contribution in [1.82, 2.24) is 4.90 Å². The van der Waals surface area contributed by atoms with Crippen LogP contribution in [0.15, 0.2) is 18.2 Å².